The topological polar surface area (TPSA) is 68.3 Å². The Balaban J connectivity index is 0.000000589. The Kier molecular flexibility index (Phi) is 12.0. The Morgan fingerprint density at radius 1 is 0.854 bits per heavy atom. The number of benzene rings is 4. The molecule has 6 rings (SSSR count). The molecule has 251 valence electrons. The summed E-state index contributed by atoms with van der Waals surface area (Å²) in [5.41, 5.74) is 11.4. The number of rotatable bonds is 8. The largest absolute Gasteiger partial charge is 0.557 e. The number of fused-ring (bicyclic) bond motifs is 2. The number of ketones is 1. The number of hydrogen-bond acceptors (Lipinski definition) is 4. The molecule has 4 aromatic carbocycles. The predicted octanol–water partition coefficient (Wildman–Crippen LogP) is 11.4. The van der Waals surface area contributed by atoms with Gasteiger partial charge in [-0.1, -0.05) is 119 Å². The van der Waals surface area contributed by atoms with Gasteiger partial charge < -0.3 is 14.1 Å². The first kappa shape index (κ1) is 36.6. The van der Waals surface area contributed by atoms with E-state index in [1.807, 2.05) is 0 Å². The fourth-order valence-corrected chi connectivity index (χ4v) is 6.12. The Bertz CT molecular complexity index is 2020. The standard InChI is InChI=1S/C37H37N2O.C5H8O2.Ir/c1-23(2)18-26-16-17-35-31(19-26)32(22-40-35)37-38-33-14-10-11-15-34(33)39(37)36-29(24(3)4)20-28(21-30(36)25(5)6)27-12-8-7-9-13-27;1-4(6)3-5(2)7;/h7-17,19-21,23-25H,18H2,1-6H3;3,6H,1-2H3;/q-1;;/b;4-3-;. The molecule has 0 fully saturated rings. The van der Waals surface area contributed by atoms with E-state index in [1.165, 1.54) is 53.4 Å². The molecule has 1 radical (unpaired) electrons. The van der Waals surface area contributed by atoms with Crippen LogP contribution in [0.5, 0.6) is 0 Å². The average Bonchev–Trinajstić information content (AvgIpc) is 3.61. The molecule has 2 heterocycles. The fourth-order valence-electron chi connectivity index (χ4n) is 6.12. The normalized spacial score (nSPS) is 11.7. The molecular weight excluding hydrogens is 773 g/mol. The van der Waals surface area contributed by atoms with Crippen LogP contribution in [-0.4, -0.2) is 20.4 Å². The van der Waals surface area contributed by atoms with E-state index in [-0.39, 0.29) is 31.6 Å². The first-order valence-electron chi connectivity index (χ1n) is 16.5. The second kappa shape index (κ2) is 15.8. The van der Waals surface area contributed by atoms with E-state index < -0.39 is 0 Å². The molecule has 0 saturated heterocycles. The van der Waals surface area contributed by atoms with Crippen molar-refractivity contribution in [2.24, 2.45) is 5.92 Å². The van der Waals surface area contributed by atoms with Gasteiger partial charge in [0.1, 0.15) is 0 Å². The van der Waals surface area contributed by atoms with Gasteiger partial charge in [-0.05, 0) is 84.5 Å². The van der Waals surface area contributed by atoms with Crippen molar-refractivity contribution in [1.29, 1.82) is 0 Å². The van der Waals surface area contributed by atoms with Crippen molar-refractivity contribution in [3.8, 4) is 28.2 Å². The summed E-state index contributed by atoms with van der Waals surface area (Å²) in [6.45, 7) is 16.5. The van der Waals surface area contributed by atoms with Gasteiger partial charge in [-0.25, -0.2) is 0 Å². The number of aliphatic hydroxyl groups is 1. The Morgan fingerprint density at radius 2 is 1.48 bits per heavy atom. The minimum atomic E-state index is -0.125. The van der Waals surface area contributed by atoms with Crippen molar-refractivity contribution in [1.82, 2.24) is 9.55 Å². The number of nitrogens with zero attached hydrogens (tertiary/aromatic N) is 2. The van der Waals surface area contributed by atoms with Crippen molar-refractivity contribution >= 4 is 27.8 Å². The van der Waals surface area contributed by atoms with Gasteiger partial charge in [-0.3, -0.25) is 9.78 Å². The van der Waals surface area contributed by atoms with Gasteiger partial charge in [0.2, 0.25) is 0 Å². The molecule has 2 aromatic heterocycles. The number of allylic oxidation sites excluding steroid dienone is 2. The zero-order valence-electron chi connectivity index (χ0n) is 29.1. The van der Waals surface area contributed by atoms with Gasteiger partial charge in [-0.2, -0.15) is 0 Å². The summed E-state index contributed by atoms with van der Waals surface area (Å²) in [7, 11) is 0. The van der Waals surface area contributed by atoms with Crippen molar-refractivity contribution < 1.29 is 34.4 Å². The number of carbonyl (C=O) groups excluding carboxylic acids is 1. The van der Waals surface area contributed by atoms with E-state index in [4.69, 9.17) is 14.5 Å². The molecule has 0 aliphatic heterocycles. The van der Waals surface area contributed by atoms with Crippen LogP contribution in [0.1, 0.15) is 83.9 Å². The Hall–Kier alpha value is -4.25. The van der Waals surface area contributed by atoms with E-state index in [0.717, 1.165) is 39.8 Å². The number of carbonyl (C=O) groups is 1. The van der Waals surface area contributed by atoms with Gasteiger partial charge in [-0.15, -0.1) is 0 Å². The molecule has 0 spiro atoms. The molecule has 0 unspecified atom stereocenters. The number of para-hydroxylation sites is 2. The second-order valence-corrected chi connectivity index (χ2v) is 13.3. The van der Waals surface area contributed by atoms with Crippen LogP contribution < -0.4 is 0 Å². The maximum absolute atomic E-state index is 10.0. The van der Waals surface area contributed by atoms with Crippen LogP contribution in [0.4, 0.5) is 0 Å². The minimum absolute atomic E-state index is 0. The van der Waals surface area contributed by atoms with Crippen LogP contribution in [-0.2, 0) is 31.3 Å². The average molecular weight is 818 g/mol. The predicted molar refractivity (Wildman–Crippen MR) is 194 cm³/mol. The smallest absolute Gasteiger partial charge is 0.155 e. The third-order valence-electron chi connectivity index (χ3n) is 8.16. The van der Waals surface area contributed by atoms with Crippen molar-refractivity contribution in [2.45, 2.75) is 73.6 Å². The molecule has 6 heteroatoms. The molecule has 0 atom stereocenters. The fraction of sp³-hybridized carbons (Fsp3) is 0.286. The maximum Gasteiger partial charge on any atom is 0.155 e. The Labute approximate surface area is 298 Å². The first-order chi connectivity index (χ1) is 22.4. The number of hydrogen-bond donors (Lipinski definition) is 1. The number of aliphatic hydroxyl groups excluding tert-OH is 1. The number of imidazole rings is 1. The van der Waals surface area contributed by atoms with Crippen LogP contribution in [0, 0.1) is 12.2 Å². The summed E-state index contributed by atoms with van der Waals surface area (Å²) in [5.74, 6) is 2.01. The third kappa shape index (κ3) is 8.06. The monoisotopic (exact) mass is 818 g/mol. The molecule has 0 aliphatic rings. The van der Waals surface area contributed by atoms with Crippen LogP contribution >= 0.6 is 0 Å². The van der Waals surface area contributed by atoms with E-state index in [1.54, 1.807) is 0 Å². The van der Waals surface area contributed by atoms with Gasteiger partial charge in [0.15, 0.2) is 5.78 Å². The molecule has 48 heavy (non-hydrogen) atoms. The molecule has 0 saturated carbocycles. The van der Waals surface area contributed by atoms with Crippen LogP contribution in [0.15, 0.2) is 101 Å². The van der Waals surface area contributed by atoms with Crippen LogP contribution in [0.2, 0.25) is 0 Å². The van der Waals surface area contributed by atoms with Crippen molar-refractivity contribution in [2.75, 3.05) is 0 Å². The van der Waals surface area contributed by atoms with Gasteiger partial charge in [0.25, 0.3) is 0 Å². The van der Waals surface area contributed by atoms with Crippen molar-refractivity contribution in [3.05, 3.63) is 120 Å². The van der Waals surface area contributed by atoms with Gasteiger partial charge >= 0.3 is 0 Å². The summed E-state index contributed by atoms with van der Waals surface area (Å²) in [6, 6.07) is 30.4. The molecule has 1 N–H and O–H groups in total. The van der Waals surface area contributed by atoms with E-state index >= 15 is 0 Å². The third-order valence-corrected chi connectivity index (χ3v) is 8.16. The number of aromatic nitrogens is 2. The van der Waals surface area contributed by atoms with E-state index in [2.05, 4.69) is 137 Å². The van der Waals surface area contributed by atoms with Gasteiger partial charge in [0, 0.05) is 43.7 Å². The summed E-state index contributed by atoms with van der Waals surface area (Å²) in [5, 5.41) is 9.43. The number of furan rings is 1. The van der Waals surface area contributed by atoms with Crippen LogP contribution in [0.3, 0.4) is 0 Å². The van der Waals surface area contributed by atoms with E-state index in [0.29, 0.717) is 17.8 Å². The first-order valence-corrected chi connectivity index (χ1v) is 16.5. The Morgan fingerprint density at radius 3 is 2.04 bits per heavy atom. The second-order valence-electron chi connectivity index (χ2n) is 13.3. The molecular formula is C42H45IrN2O3-. The summed E-state index contributed by atoms with van der Waals surface area (Å²) in [4.78, 5) is 15.2. The molecule has 0 bridgehead atoms. The van der Waals surface area contributed by atoms with Crippen molar-refractivity contribution in [3.63, 3.8) is 0 Å². The summed E-state index contributed by atoms with van der Waals surface area (Å²) >= 11 is 0. The van der Waals surface area contributed by atoms with E-state index in [9.17, 15) is 4.79 Å². The SMILES string of the molecule is CC(=O)/C=C(/C)O.CC(C)Cc1ccc2o[c-]c(-c3nc4ccccc4n3-c3c(C(C)C)cc(-c4ccccc4)cc3C(C)C)c2c1.[Ir]. The maximum atomic E-state index is 10.0. The molecule has 5 nitrogen and oxygen atoms in total. The minimum Gasteiger partial charge on any atom is -0.557 e. The summed E-state index contributed by atoms with van der Waals surface area (Å²) < 4.78 is 8.37. The molecule has 6 aromatic rings. The molecule has 0 amide bonds. The van der Waals surface area contributed by atoms with Crippen LogP contribution in [0.25, 0.3) is 50.2 Å². The zero-order valence-corrected chi connectivity index (χ0v) is 31.5. The summed E-state index contributed by atoms with van der Waals surface area (Å²) in [6.07, 6.45) is 5.45. The zero-order chi connectivity index (χ0) is 33.8. The van der Waals surface area contributed by atoms with Gasteiger partial charge in [0.05, 0.1) is 22.6 Å². The quantitative estimate of drug-likeness (QED) is 0.0944. The molecule has 0 aliphatic carbocycles.